The van der Waals surface area contributed by atoms with Gasteiger partial charge in [-0.05, 0) is 18.8 Å². The summed E-state index contributed by atoms with van der Waals surface area (Å²) in [6.07, 6.45) is 0.838. The van der Waals surface area contributed by atoms with Gasteiger partial charge in [-0.25, -0.2) is 13.1 Å². The summed E-state index contributed by atoms with van der Waals surface area (Å²) >= 11 is 0.730. The van der Waals surface area contributed by atoms with Crippen molar-refractivity contribution in [2.45, 2.75) is 37.4 Å². The average molecular weight is 262 g/mol. The Morgan fingerprint density at radius 3 is 2.44 bits per heavy atom. The molecule has 2 N–H and O–H groups in total. The molecule has 1 atom stereocenters. The van der Waals surface area contributed by atoms with Crippen LogP contribution in [0.4, 0.5) is 0 Å². The van der Waals surface area contributed by atoms with E-state index in [2.05, 4.69) is 9.71 Å². The molecule has 1 saturated carbocycles. The van der Waals surface area contributed by atoms with Crippen LogP contribution in [0.5, 0.6) is 0 Å². The van der Waals surface area contributed by atoms with Crippen LogP contribution >= 0.6 is 11.3 Å². The zero-order chi connectivity index (χ0) is 12.1. The summed E-state index contributed by atoms with van der Waals surface area (Å²) in [5.41, 5.74) is 0.434. The Morgan fingerprint density at radius 1 is 1.50 bits per heavy atom. The zero-order valence-corrected chi connectivity index (χ0v) is 11.0. The number of rotatable bonds is 3. The number of aromatic amines is 1. The van der Waals surface area contributed by atoms with Crippen molar-refractivity contribution in [3.63, 3.8) is 0 Å². The Labute approximate surface area is 97.9 Å². The second-order valence-electron chi connectivity index (χ2n) is 4.79. The van der Waals surface area contributed by atoms with Crippen LogP contribution in [0.3, 0.4) is 0 Å². The quantitative estimate of drug-likeness (QED) is 0.846. The molecule has 0 spiro atoms. The maximum Gasteiger partial charge on any atom is 0.305 e. The van der Waals surface area contributed by atoms with E-state index in [4.69, 9.17) is 0 Å². The normalized spacial score (nSPS) is 23.3. The number of nitrogens with one attached hydrogen (secondary N) is 2. The van der Waals surface area contributed by atoms with Crippen LogP contribution in [-0.4, -0.2) is 19.4 Å². The Bertz CT molecular complexity index is 568. The van der Waals surface area contributed by atoms with Gasteiger partial charge in [0.15, 0.2) is 4.21 Å². The van der Waals surface area contributed by atoms with Gasteiger partial charge < -0.3 is 4.98 Å². The van der Waals surface area contributed by atoms with Gasteiger partial charge in [-0.1, -0.05) is 25.2 Å². The molecule has 0 aliphatic heterocycles. The Hall–Kier alpha value is -0.660. The highest BCUT2D eigenvalue weighted by molar-refractivity contribution is 7.91. The number of aryl methyl sites for hydroxylation is 1. The molecule has 2 rings (SSSR count). The van der Waals surface area contributed by atoms with E-state index in [0.717, 1.165) is 17.8 Å². The first kappa shape index (κ1) is 11.8. The van der Waals surface area contributed by atoms with Crippen LogP contribution in [0.1, 0.15) is 26.0 Å². The SMILES string of the molecule is Cc1[nH]c(=O)sc1S(=O)(=O)NC1CC1(C)C. The minimum Gasteiger partial charge on any atom is -0.315 e. The predicted octanol–water partition coefficient (Wildman–Crippen LogP) is 0.822. The maximum absolute atomic E-state index is 11.9. The monoisotopic (exact) mass is 262 g/mol. The molecule has 1 heterocycles. The summed E-state index contributed by atoms with van der Waals surface area (Å²) in [6.45, 7) is 5.60. The highest BCUT2D eigenvalue weighted by atomic mass is 32.2. The van der Waals surface area contributed by atoms with Crippen molar-refractivity contribution < 1.29 is 8.42 Å². The fraction of sp³-hybridized carbons (Fsp3) is 0.667. The molecule has 0 bridgehead atoms. The van der Waals surface area contributed by atoms with Crippen LogP contribution in [0.2, 0.25) is 0 Å². The lowest BCUT2D eigenvalue weighted by Gasteiger charge is -2.06. The Balaban J connectivity index is 2.27. The highest BCUT2D eigenvalue weighted by Gasteiger charge is 2.48. The van der Waals surface area contributed by atoms with E-state index in [-0.39, 0.29) is 20.5 Å². The Kier molecular flexibility index (Phi) is 2.52. The summed E-state index contributed by atoms with van der Waals surface area (Å²) < 4.78 is 26.6. The first-order chi connectivity index (χ1) is 7.22. The Morgan fingerprint density at radius 2 is 2.06 bits per heavy atom. The third kappa shape index (κ3) is 2.07. The van der Waals surface area contributed by atoms with Gasteiger partial charge in [0.05, 0.1) is 0 Å². The van der Waals surface area contributed by atoms with E-state index in [1.54, 1.807) is 6.92 Å². The molecule has 7 heteroatoms. The number of thiazole rings is 1. The molecule has 0 amide bonds. The molecule has 1 aliphatic carbocycles. The average Bonchev–Trinajstić information content (AvgIpc) is 2.53. The van der Waals surface area contributed by atoms with Crippen molar-refractivity contribution in [3.05, 3.63) is 15.4 Å². The topological polar surface area (TPSA) is 79.0 Å². The predicted molar refractivity (Wildman–Crippen MR) is 62.2 cm³/mol. The van der Waals surface area contributed by atoms with Crippen molar-refractivity contribution in [2.24, 2.45) is 5.41 Å². The summed E-state index contributed by atoms with van der Waals surface area (Å²) in [4.78, 5) is 13.2. The van der Waals surface area contributed by atoms with E-state index >= 15 is 0 Å². The fourth-order valence-corrected chi connectivity index (χ4v) is 4.28. The molecule has 1 aliphatic rings. The van der Waals surface area contributed by atoms with Crippen molar-refractivity contribution in [1.29, 1.82) is 0 Å². The second kappa shape index (κ2) is 3.41. The van der Waals surface area contributed by atoms with Crippen molar-refractivity contribution in [3.8, 4) is 0 Å². The zero-order valence-electron chi connectivity index (χ0n) is 9.33. The molecular weight excluding hydrogens is 248 g/mol. The lowest BCUT2D eigenvalue weighted by molar-refractivity contribution is 0.556. The molecule has 16 heavy (non-hydrogen) atoms. The lowest BCUT2D eigenvalue weighted by atomic mass is 10.2. The minimum absolute atomic E-state index is 0.0193. The van der Waals surface area contributed by atoms with E-state index in [1.165, 1.54) is 0 Å². The summed E-state index contributed by atoms with van der Waals surface area (Å²) in [6, 6.07) is -0.0193. The van der Waals surface area contributed by atoms with Gasteiger partial charge in [-0.15, -0.1) is 0 Å². The molecule has 1 aromatic rings. The molecule has 1 fully saturated rings. The molecule has 0 radical (unpaired) electrons. The molecular formula is C9H14N2O3S2. The van der Waals surface area contributed by atoms with Crippen LogP contribution in [-0.2, 0) is 10.0 Å². The van der Waals surface area contributed by atoms with E-state index < -0.39 is 10.0 Å². The van der Waals surface area contributed by atoms with E-state index in [9.17, 15) is 13.2 Å². The largest absolute Gasteiger partial charge is 0.315 e. The first-order valence-electron chi connectivity index (χ1n) is 4.94. The van der Waals surface area contributed by atoms with Gasteiger partial charge in [-0.3, -0.25) is 4.79 Å². The maximum atomic E-state index is 11.9. The van der Waals surface area contributed by atoms with E-state index in [1.807, 2.05) is 13.8 Å². The fourth-order valence-electron chi connectivity index (χ4n) is 1.56. The van der Waals surface area contributed by atoms with E-state index in [0.29, 0.717) is 5.69 Å². The van der Waals surface area contributed by atoms with Gasteiger partial charge in [0.1, 0.15) is 0 Å². The highest BCUT2D eigenvalue weighted by Crippen LogP contribution is 2.45. The molecule has 0 saturated heterocycles. The van der Waals surface area contributed by atoms with Crippen molar-refractivity contribution >= 4 is 21.4 Å². The van der Waals surface area contributed by atoms with Gasteiger partial charge in [0.2, 0.25) is 0 Å². The minimum atomic E-state index is -3.54. The lowest BCUT2D eigenvalue weighted by Crippen LogP contribution is -2.28. The summed E-state index contributed by atoms with van der Waals surface area (Å²) in [7, 11) is -3.54. The molecule has 0 aromatic carbocycles. The summed E-state index contributed by atoms with van der Waals surface area (Å²) in [5.74, 6) is 0. The van der Waals surface area contributed by atoms with Gasteiger partial charge in [0, 0.05) is 11.7 Å². The first-order valence-corrected chi connectivity index (χ1v) is 7.24. The van der Waals surface area contributed by atoms with Crippen LogP contribution in [0.25, 0.3) is 0 Å². The molecule has 1 aromatic heterocycles. The number of aromatic nitrogens is 1. The second-order valence-corrected chi connectivity index (χ2v) is 7.69. The number of sulfonamides is 1. The van der Waals surface area contributed by atoms with Crippen molar-refractivity contribution in [2.75, 3.05) is 0 Å². The number of H-pyrrole nitrogens is 1. The van der Waals surface area contributed by atoms with Gasteiger partial charge in [-0.2, -0.15) is 0 Å². The third-order valence-corrected chi connectivity index (χ3v) is 5.91. The van der Waals surface area contributed by atoms with Crippen LogP contribution in [0.15, 0.2) is 9.00 Å². The number of hydrogen-bond donors (Lipinski definition) is 2. The van der Waals surface area contributed by atoms with Crippen LogP contribution < -0.4 is 9.60 Å². The number of hydrogen-bond acceptors (Lipinski definition) is 4. The van der Waals surface area contributed by atoms with Crippen LogP contribution in [0, 0.1) is 12.3 Å². The third-order valence-electron chi connectivity index (χ3n) is 2.84. The molecule has 5 nitrogen and oxygen atoms in total. The smallest absolute Gasteiger partial charge is 0.305 e. The molecule has 90 valence electrons. The van der Waals surface area contributed by atoms with Crippen molar-refractivity contribution in [1.82, 2.24) is 9.71 Å². The summed E-state index contributed by atoms with van der Waals surface area (Å²) in [5, 5.41) is 0. The standard InChI is InChI=1S/C9H14N2O3S2/c1-5-7(15-8(12)10-5)16(13,14)11-6-4-9(6,2)3/h6,11H,4H2,1-3H3,(H,10,12). The van der Waals surface area contributed by atoms with Gasteiger partial charge >= 0.3 is 4.87 Å². The van der Waals surface area contributed by atoms with Gasteiger partial charge in [0.25, 0.3) is 10.0 Å². The molecule has 1 unspecified atom stereocenters.